The molecule has 9 heteroatoms. The SMILES string of the molecule is N#CCCN(C(=O)COC(=O)CCC(=O)c1ccc2c(c1)OCCO2)c1cccc(Cl)c1. The first-order chi connectivity index (χ1) is 15.5. The maximum atomic E-state index is 12.6. The molecular weight excluding hydrogens is 436 g/mol. The van der Waals surface area contributed by atoms with Crippen LogP contribution in [-0.2, 0) is 14.3 Å². The Morgan fingerprint density at radius 2 is 1.84 bits per heavy atom. The number of Topliss-reactive ketones (excluding diaryl/α,β-unsaturated/α-hetero) is 1. The van der Waals surface area contributed by atoms with E-state index in [1.165, 1.54) is 4.90 Å². The number of amides is 1. The highest BCUT2D eigenvalue weighted by Crippen LogP contribution is 2.31. The van der Waals surface area contributed by atoms with Crippen LogP contribution in [0.2, 0.25) is 5.02 Å². The Morgan fingerprint density at radius 1 is 1.06 bits per heavy atom. The van der Waals surface area contributed by atoms with Crippen molar-refractivity contribution in [1.29, 1.82) is 5.26 Å². The summed E-state index contributed by atoms with van der Waals surface area (Å²) < 4.78 is 15.9. The van der Waals surface area contributed by atoms with Crippen LogP contribution in [0, 0.1) is 11.3 Å². The molecule has 0 fully saturated rings. The van der Waals surface area contributed by atoms with Crippen molar-refractivity contribution in [1.82, 2.24) is 0 Å². The summed E-state index contributed by atoms with van der Waals surface area (Å²) in [6.07, 6.45) is -0.134. The summed E-state index contributed by atoms with van der Waals surface area (Å²) in [7, 11) is 0. The molecule has 8 nitrogen and oxygen atoms in total. The van der Waals surface area contributed by atoms with Gasteiger partial charge in [-0.3, -0.25) is 14.4 Å². The van der Waals surface area contributed by atoms with E-state index in [0.29, 0.717) is 41.0 Å². The van der Waals surface area contributed by atoms with E-state index in [4.69, 9.17) is 31.1 Å². The summed E-state index contributed by atoms with van der Waals surface area (Å²) in [5.74, 6) is -0.343. The van der Waals surface area contributed by atoms with Gasteiger partial charge in [0.1, 0.15) is 13.2 Å². The van der Waals surface area contributed by atoms with E-state index in [0.717, 1.165) is 0 Å². The minimum absolute atomic E-state index is 0.0703. The lowest BCUT2D eigenvalue weighted by atomic mass is 10.1. The number of esters is 1. The van der Waals surface area contributed by atoms with Crippen molar-refractivity contribution in [2.75, 3.05) is 31.3 Å². The quantitative estimate of drug-likeness (QED) is 0.419. The molecule has 0 saturated carbocycles. The highest BCUT2D eigenvalue weighted by molar-refractivity contribution is 6.30. The van der Waals surface area contributed by atoms with E-state index >= 15 is 0 Å². The number of ketones is 1. The molecule has 0 spiro atoms. The van der Waals surface area contributed by atoms with E-state index in [9.17, 15) is 14.4 Å². The lowest BCUT2D eigenvalue weighted by Crippen LogP contribution is -2.35. The maximum Gasteiger partial charge on any atom is 0.306 e. The van der Waals surface area contributed by atoms with Gasteiger partial charge in [0.15, 0.2) is 23.9 Å². The third kappa shape index (κ3) is 6.22. The lowest BCUT2D eigenvalue weighted by molar-refractivity contribution is -0.147. The minimum Gasteiger partial charge on any atom is -0.486 e. The van der Waals surface area contributed by atoms with Crippen LogP contribution in [0.3, 0.4) is 0 Å². The monoisotopic (exact) mass is 456 g/mol. The van der Waals surface area contributed by atoms with Crippen LogP contribution < -0.4 is 14.4 Å². The molecule has 2 aromatic carbocycles. The number of rotatable bonds is 9. The second-order valence-corrected chi connectivity index (χ2v) is 7.31. The number of hydrogen-bond donors (Lipinski definition) is 0. The first kappa shape index (κ1) is 23.1. The van der Waals surface area contributed by atoms with E-state index in [2.05, 4.69) is 0 Å². The molecular formula is C23H21ClN2O6. The number of fused-ring (bicyclic) bond motifs is 1. The van der Waals surface area contributed by atoms with Gasteiger partial charge in [0.25, 0.3) is 5.91 Å². The van der Waals surface area contributed by atoms with Crippen molar-refractivity contribution < 1.29 is 28.6 Å². The van der Waals surface area contributed by atoms with Gasteiger partial charge in [-0.2, -0.15) is 5.26 Å². The molecule has 0 saturated heterocycles. The number of ether oxygens (including phenoxy) is 3. The Labute approximate surface area is 190 Å². The third-order valence-electron chi connectivity index (χ3n) is 4.65. The number of carbonyl (C=O) groups is 3. The Balaban J connectivity index is 1.51. The van der Waals surface area contributed by atoms with Gasteiger partial charge in [-0.05, 0) is 36.4 Å². The summed E-state index contributed by atoms with van der Waals surface area (Å²) in [6.45, 7) is 0.493. The van der Waals surface area contributed by atoms with Gasteiger partial charge in [-0.25, -0.2) is 0 Å². The Kier molecular flexibility index (Phi) is 8.06. The fraction of sp³-hybridized carbons (Fsp3) is 0.304. The molecule has 0 unspecified atom stereocenters. The third-order valence-corrected chi connectivity index (χ3v) is 4.88. The Hall–Kier alpha value is -3.57. The molecule has 32 heavy (non-hydrogen) atoms. The second kappa shape index (κ2) is 11.2. The molecule has 166 valence electrons. The van der Waals surface area contributed by atoms with E-state index in [1.807, 2.05) is 6.07 Å². The Bertz CT molecular complexity index is 1050. The van der Waals surface area contributed by atoms with E-state index in [-0.39, 0.29) is 31.6 Å². The van der Waals surface area contributed by atoms with Gasteiger partial charge in [0, 0.05) is 29.2 Å². The zero-order valence-corrected chi connectivity index (χ0v) is 18.0. The van der Waals surface area contributed by atoms with Crippen LogP contribution >= 0.6 is 11.6 Å². The fourth-order valence-electron chi connectivity index (χ4n) is 3.07. The molecule has 0 bridgehead atoms. The van der Waals surface area contributed by atoms with Crippen molar-refractivity contribution >= 4 is 34.9 Å². The minimum atomic E-state index is -0.671. The molecule has 1 aliphatic rings. The first-order valence-corrected chi connectivity index (χ1v) is 10.4. The number of halogens is 1. The van der Waals surface area contributed by atoms with Crippen LogP contribution in [0.15, 0.2) is 42.5 Å². The van der Waals surface area contributed by atoms with Crippen LogP contribution in [-0.4, -0.2) is 44.0 Å². The topological polar surface area (TPSA) is 106 Å². The summed E-state index contributed by atoms with van der Waals surface area (Å²) in [5.41, 5.74) is 0.907. The molecule has 0 aliphatic carbocycles. The van der Waals surface area contributed by atoms with Gasteiger partial charge in [-0.1, -0.05) is 17.7 Å². The van der Waals surface area contributed by atoms with E-state index in [1.54, 1.807) is 42.5 Å². The summed E-state index contributed by atoms with van der Waals surface area (Å²) in [5, 5.41) is 9.29. The summed E-state index contributed by atoms with van der Waals surface area (Å²) in [6, 6.07) is 13.4. The molecule has 1 aliphatic heterocycles. The zero-order valence-electron chi connectivity index (χ0n) is 17.2. The second-order valence-electron chi connectivity index (χ2n) is 6.88. The molecule has 0 atom stereocenters. The number of nitrogens with zero attached hydrogens (tertiary/aromatic N) is 2. The predicted octanol–water partition coefficient (Wildman–Crippen LogP) is 3.56. The molecule has 0 radical (unpaired) electrons. The number of nitriles is 1. The lowest BCUT2D eigenvalue weighted by Gasteiger charge is -2.21. The highest BCUT2D eigenvalue weighted by Gasteiger charge is 2.19. The van der Waals surface area contributed by atoms with Crippen LogP contribution in [0.1, 0.15) is 29.6 Å². The van der Waals surface area contributed by atoms with Crippen molar-refractivity contribution in [3.8, 4) is 17.6 Å². The molecule has 1 heterocycles. The molecule has 1 amide bonds. The van der Waals surface area contributed by atoms with Gasteiger partial charge < -0.3 is 19.1 Å². The average Bonchev–Trinajstić information content (AvgIpc) is 2.81. The first-order valence-electron chi connectivity index (χ1n) is 9.99. The number of benzene rings is 2. The number of anilines is 1. The largest absolute Gasteiger partial charge is 0.486 e. The zero-order chi connectivity index (χ0) is 22.9. The van der Waals surface area contributed by atoms with Crippen molar-refractivity contribution in [2.45, 2.75) is 19.3 Å². The van der Waals surface area contributed by atoms with E-state index < -0.39 is 18.5 Å². The van der Waals surface area contributed by atoms with Crippen molar-refractivity contribution in [3.05, 3.63) is 53.1 Å². The molecule has 3 rings (SSSR count). The van der Waals surface area contributed by atoms with Crippen LogP contribution in [0.4, 0.5) is 5.69 Å². The smallest absolute Gasteiger partial charge is 0.306 e. The standard InChI is InChI=1S/C23H21ClN2O6/c24-17-3-1-4-18(14-17)26(10-2-9-25)22(28)15-32-23(29)8-6-19(27)16-5-7-20-21(13-16)31-12-11-30-20/h1,3-5,7,13-14H,2,6,8,10-12,15H2. The summed E-state index contributed by atoms with van der Waals surface area (Å²) >= 11 is 5.98. The molecule has 0 aromatic heterocycles. The summed E-state index contributed by atoms with van der Waals surface area (Å²) in [4.78, 5) is 38.4. The van der Waals surface area contributed by atoms with Crippen LogP contribution in [0.25, 0.3) is 0 Å². The fourth-order valence-corrected chi connectivity index (χ4v) is 3.26. The Morgan fingerprint density at radius 3 is 2.59 bits per heavy atom. The van der Waals surface area contributed by atoms with Gasteiger partial charge in [-0.15, -0.1) is 0 Å². The number of hydrogen-bond acceptors (Lipinski definition) is 7. The molecule has 0 N–H and O–H groups in total. The predicted molar refractivity (Wildman–Crippen MR) is 116 cm³/mol. The van der Waals surface area contributed by atoms with Crippen molar-refractivity contribution in [2.24, 2.45) is 0 Å². The van der Waals surface area contributed by atoms with Crippen LogP contribution in [0.5, 0.6) is 11.5 Å². The van der Waals surface area contributed by atoms with Gasteiger partial charge >= 0.3 is 5.97 Å². The normalized spacial score (nSPS) is 11.9. The van der Waals surface area contributed by atoms with Gasteiger partial charge in [0.2, 0.25) is 0 Å². The van der Waals surface area contributed by atoms with Gasteiger partial charge in [0.05, 0.1) is 18.9 Å². The van der Waals surface area contributed by atoms with Crippen molar-refractivity contribution in [3.63, 3.8) is 0 Å². The molecule has 2 aromatic rings. The maximum absolute atomic E-state index is 12.6. The highest BCUT2D eigenvalue weighted by atomic mass is 35.5. The average molecular weight is 457 g/mol. The number of carbonyl (C=O) groups excluding carboxylic acids is 3.